The molecule has 22 heavy (non-hydrogen) atoms. The van der Waals surface area contributed by atoms with Gasteiger partial charge in [0.15, 0.2) is 0 Å². The van der Waals surface area contributed by atoms with E-state index < -0.39 is 29.3 Å². The summed E-state index contributed by atoms with van der Waals surface area (Å²) in [6, 6.07) is 0. The summed E-state index contributed by atoms with van der Waals surface area (Å²) in [5, 5.41) is 6.86. The lowest BCUT2D eigenvalue weighted by Crippen LogP contribution is -2.44. The van der Waals surface area contributed by atoms with E-state index in [0.717, 1.165) is 0 Å². The highest BCUT2D eigenvalue weighted by atomic mass is 35.5. The Hall–Kier alpha value is -1.87. The number of hydrogen-bond donors (Lipinski definition) is 4. The van der Waals surface area contributed by atoms with E-state index in [2.05, 4.69) is 20.8 Å². The van der Waals surface area contributed by atoms with Crippen molar-refractivity contribution in [3.8, 4) is 0 Å². The van der Waals surface area contributed by atoms with Gasteiger partial charge in [-0.15, -0.1) is 0 Å². The first-order valence-electron chi connectivity index (χ1n) is 6.49. The van der Waals surface area contributed by atoms with Crippen LogP contribution in [0.15, 0.2) is 0 Å². The third kappa shape index (κ3) is 11.9. The van der Waals surface area contributed by atoms with Crippen LogP contribution in [0.1, 0.15) is 20.8 Å². The van der Waals surface area contributed by atoms with Crippen molar-refractivity contribution in [1.82, 2.24) is 20.8 Å². The summed E-state index contributed by atoms with van der Waals surface area (Å²) in [4.78, 5) is 47.2. The van der Waals surface area contributed by atoms with Gasteiger partial charge in [0.05, 0.1) is 19.6 Å². The first-order chi connectivity index (χ1) is 10.1. The minimum absolute atomic E-state index is 0.134. The maximum atomic E-state index is 11.4. The average molecular weight is 337 g/mol. The van der Waals surface area contributed by atoms with Crippen LogP contribution in [0.2, 0.25) is 0 Å². The zero-order chi connectivity index (χ0) is 17.2. The van der Waals surface area contributed by atoms with Crippen molar-refractivity contribution in [2.45, 2.75) is 26.4 Å². The number of hydrogen-bond acceptors (Lipinski definition) is 6. The second-order valence-corrected chi connectivity index (χ2v) is 5.49. The lowest BCUT2D eigenvalue weighted by Gasteiger charge is -2.19. The molecule has 0 aromatic rings. The van der Waals surface area contributed by atoms with E-state index in [0.29, 0.717) is 0 Å². The molecule has 0 saturated heterocycles. The van der Waals surface area contributed by atoms with Gasteiger partial charge in [0.2, 0.25) is 17.7 Å². The van der Waals surface area contributed by atoms with Crippen LogP contribution in [0.5, 0.6) is 0 Å². The van der Waals surface area contributed by atoms with Gasteiger partial charge in [-0.1, -0.05) is 0 Å². The van der Waals surface area contributed by atoms with Crippen LogP contribution in [0.25, 0.3) is 0 Å². The number of rotatable bonds is 8. The van der Waals surface area contributed by atoms with Gasteiger partial charge < -0.3 is 20.7 Å². The zero-order valence-corrected chi connectivity index (χ0v) is 13.5. The maximum Gasteiger partial charge on any atom is 0.325 e. The third-order valence-corrected chi connectivity index (χ3v) is 2.10. The SMILES string of the molecule is CC(C)(C)OC(=O)CNC(=O)CNC(=O)CNC(=O)CNCl. The van der Waals surface area contributed by atoms with Crippen molar-refractivity contribution in [3.05, 3.63) is 0 Å². The molecule has 0 spiro atoms. The van der Waals surface area contributed by atoms with E-state index in [4.69, 9.17) is 16.5 Å². The van der Waals surface area contributed by atoms with E-state index in [-0.39, 0.29) is 26.2 Å². The Labute approximate surface area is 133 Å². The molecule has 0 aliphatic heterocycles. The van der Waals surface area contributed by atoms with Crippen molar-refractivity contribution in [2.24, 2.45) is 0 Å². The number of esters is 1. The Morgan fingerprint density at radius 3 is 1.64 bits per heavy atom. The number of amides is 3. The standard InChI is InChI=1S/C12H21ClN4O5/c1-12(2,3)22-11(21)7-16-9(19)5-14-8(18)4-15-10(20)6-17-13/h17H,4-7H2,1-3H3,(H,14,18)(H,15,20)(H,16,19). The quantitative estimate of drug-likeness (QED) is 0.313. The van der Waals surface area contributed by atoms with Crippen LogP contribution in [0, 0.1) is 0 Å². The van der Waals surface area contributed by atoms with E-state index in [1.807, 2.05) is 0 Å². The minimum Gasteiger partial charge on any atom is -0.459 e. The summed E-state index contributed by atoms with van der Waals surface area (Å²) >= 11 is 5.11. The number of carbonyl (C=O) groups is 4. The molecule has 9 nitrogen and oxygen atoms in total. The summed E-state index contributed by atoms with van der Waals surface area (Å²) < 4.78 is 5.00. The van der Waals surface area contributed by atoms with E-state index in [9.17, 15) is 19.2 Å². The molecule has 0 radical (unpaired) electrons. The molecule has 0 heterocycles. The van der Waals surface area contributed by atoms with Gasteiger partial charge in [0, 0.05) is 0 Å². The molecule has 4 N–H and O–H groups in total. The third-order valence-electron chi connectivity index (χ3n) is 1.97. The maximum absolute atomic E-state index is 11.4. The van der Waals surface area contributed by atoms with Gasteiger partial charge in [-0.05, 0) is 32.5 Å². The van der Waals surface area contributed by atoms with E-state index >= 15 is 0 Å². The number of carbonyl (C=O) groups excluding carboxylic acids is 4. The first-order valence-corrected chi connectivity index (χ1v) is 6.87. The molecule has 0 atom stereocenters. The largest absolute Gasteiger partial charge is 0.459 e. The van der Waals surface area contributed by atoms with Crippen LogP contribution in [0.3, 0.4) is 0 Å². The second-order valence-electron chi connectivity index (χ2n) is 5.23. The van der Waals surface area contributed by atoms with Gasteiger partial charge in [0.25, 0.3) is 0 Å². The molecule has 0 unspecified atom stereocenters. The van der Waals surface area contributed by atoms with Crippen LogP contribution in [-0.2, 0) is 23.9 Å². The van der Waals surface area contributed by atoms with Gasteiger partial charge in [0.1, 0.15) is 12.1 Å². The van der Waals surface area contributed by atoms with Gasteiger partial charge >= 0.3 is 5.97 Å². The first kappa shape index (κ1) is 20.1. The van der Waals surface area contributed by atoms with Gasteiger partial charge in [-0.3, -0.25) is 19.2 Å². The van der Waals surface area contributed by atoms with Gasteiger partial charge in [-0.25, -0.2) is 4.84 Å². The van der Waals surface area contributed by atoms with Crippen LogP contribution in [-0.4, -0.2) is 55.5 Å². The minimum atomic E-state index is -0.633. The molecular formula is C12H21ClN4O5. The van der Waals surface area contributed by atoms with Crippen molar-refractivity contribution < 1.29 is 23.9 Å². The predicted molar refractivity (Wildman–Crippen MR) is 78.7 cm³/mol. The van der Waals surface area contributed by atoms with Crippen molar-refractivity contribution in [3.63, 3.8) is 0 Å². The molecule has 0 fully saturated rings. The molecule has 0 aromatic heterocycles. The molecule has 0 aromatic carbocycles. The number of nitrogens with one attached hydrogen (secondary N) is 4. The average Bonchev–Trinajstić information content (AvgIpc) is 2.39. The Kier molecular flexibility index (Phi) is 9.11. The normalized spacial score (nSPS) is 10.5. The lowest BCUT2D eigenvalue weighted by atomic mass is 10.2. The summed E-state index contributed by atoms with van der Waals surface area (Å²) in [6.45, 7) is 4.11. The Bertz CT molecular complexity index is 422. The monoisotopic (exact) mass is 336 g/mol. The van der Waals surface area contributed by atoms with Crippen LogP contribution >= 0.6 is 11.8 Å². The molecular weight excluding hydrogens is 316 g/mol. The molecule has 126 valence electrons. The molecule has 0 aliphatic rings. The highest BCUT2D eigenvalue weighted by Gasteiger charge is 2.16. The smallest absolute Gasteiger partial charge is 0.325 e. The van der Waals surface area contributed by atoms with Crippen molar-refractivity contribution in [2.75, 3.05) is 26.2 Å². The Morgan fingerprint density at radius 2 is 1.23 bits per heavy atom. The fourth-order valence-electron chi connectivity index (χ4n) is 1.15. The summed E-state index contributed by atoms with van der Waals surface area (Å²) in [6.07, 6.45) is 0. The van der Waals surface area contributed by atoms with Crippen LogP contribution in [0.4, 0.5) is 0 Å². The molecule has 0 bridgehead atoms. The molecule has 0 rings (SSSR count). The lowest BCUT2D eigenvalue weighted by molar-refractivity contribution is -0.154. The topological polar surface area (TPSA) is 126 Å². The molecule has 0 saturated carbocycles. The summed E-state index contributed by atoms with van der Waals surface area (Å²) in [5.74, 6) is -2.13. The number of halogens is 1. The summed E-state index contributed by atoms with van der Waals surface area (Å²) in [5.41, 5.74) is -0.633. The zero-order valence-electron chi connectivity index (χ0n) is 12.7. The molecule has 3 amide bonds. The Morgan fingerprint density at radius 1 is 0.818 bits per heavy atom. The summed E-state index contributed by atoms with van der Waals surface area (Å²) in [7, 11) is 0. The highest BCUT2D eigenvalue weighted by molar-refractivity contribution is 6.14. The highest BCUT2D eigenvalue weighted by Crippen LogP contribution is 2.05. The number of ether oxygens (including phenoxy) is 1. The molecule has 10 heteroatoms. The Balaban J connectivity index is 3.83. The van der Waals surface area contributed by atoms with Gasteiger partial charge in [-0.2, -0.15) is 0 Å². The fraction of sp³-hybridized carbons (Fsp3) is 0.667. The van der Waals surface area contributed by atoms with Crippen molar-refractivity contribution >= 4 is 35.5 Å². The van der Waals surface area contributed by atoms with Crippen LogP contribution < -0.4 is 20.8 Å². The predicted octanol–water partition coefficient (Wildman–Crippen LogP) is -1.58. The van der Waals surface area contributed by atoms with E-state index in [1.165, 1.54) is 0 Å². The van der Waals surface area contributed by atoms with Crippen molar-refractivity contribution in [1.29, 1.82) is 0 Å². The fourth-order valence-corrected chi connectivity index (χ4v) is 1.28. The van der Waals surface area contributed by atoms with E-state index in [1.54, 1.807) is 20.8 Å². The second kappa shape index (κ2) is 9.96. The molecule has 0 aliphatic carbocycles.